The van der Waals surface area contributed by atoms with Crippen LogP contribution in [0.15, 0.2) is 0 Å². The van der Waals surface area contributed by atoms with Crippen molar-refractivity contribution in [1.82, 2.24) is 10.2 Å². The Hall–Kier alpha value is -0.130. The third-order valence-electron chi connectivity index (χ3n) is 3.62. The third kappa shape index (κ3) is 3.71. The Morgan fingerprint density at radius 1 is 1.12 bits per heavy atom. The quantitative estimate of drug-likeness (QED) is 0.751. The van der Waals surface area contributed by atoms with Crippen molar-refractivity contribution in [2.45, 2.75) is 19.3 Å². The zero-order chi connectivity index (χ0) is 11.4. The monoisotopic (exact) mass is 246 g/mol. The number of nitrogens with zero attached hydrogens (tertiary/aromatic N) is 1. The highest BCUT2D eigenvalue weighted by molar-refractivity contribution is 7.91. The zero-order valence-corrected chi connectivity index (χ0v) is 10.6. The first-order chi connectivity index (χ1) is 7.66. The fraction of sp³-hybridized carbons (Fsp3) is 1.00. The number of hydrogen-bond acceptors (Lipinski definition) is 4. The number of hydrogen-bond donors (Lipinski definition) is 1. The molecule has 0 amide bonds. The second kappa shape index (κ2) is 5.47. The van der Waals surface area contributed by atoms with E-state index in [1.165, 1.54) is 12.8 Å². The summed E-state index contributed by atoms with van der Waals surface area (Å²) in [6.45, 7) is 5.04. The molecule has 0 atom stereocenters. The van der Waals surface area contributed by atoms with E-state index in [2.05, 4.69) is 10.2 Å². The van der Waals surface area contributed by atoms with Crippen LogP contribution in [0.2, 0.25) is 0 Å². The number of sulfone groups is 1. The van der Waals surface area contributed by atoms with E-state index in [1.54, 1.807) is 0 Å². The predicted molar refractivity (Wildman–Crippen MR) is 65.3 cm³/mol. The van der Waals surface area contributed by atoms with Gasteiger partial charge in [0.1, 0.15) is 0 Å². The summed E-state index contributed by atoms with van der Waals surface area (Å²) >= 11 is 0. The van der Waals surface area contributed by atoms with Crippen LogP contribution < -0.4 is 5.32 Å². The van der Waals surface area contributed by atoms with Crippen molar-refractivity contribution < 1.29 is 8.42 Å². The Morgan fingerprint density at radius 3 is 2.62 bits per heavy atom. The van der Waals surface area contributed by atoms with Crippen molar-refractivity contribution in [3.8, 4) is 0 Å². The van der Waals surface area contributed by atoms with Crippen LogP contribution in [-0.2, 0) is 9.84 Å². The van der Waals surface area contributed by atoms with Crippen molar-refractivity contribution in [1.29, 1.82) is 0 Å². The molecule has 2 saturated heterocycles. The summed E-state index contributed by atoms with van der Waals surface area (Å²) in [5.41, 5.74) is 0. The molecule has 2 aliphatic heterocycles. The standard InChI is InChI=1S/C11H22N2O2S/c14-16(15)8-1-6-13(7-9-16)10-11-2-4-12-5-3-11/h11-12H,1-10H2. The van der Waals surface area contributed by atoms with Gasteiger partial charge in [-0.05, 0) is 44.8 Å². The Labute approximate surface area is 98.3 Å². The Morgan fingerprint density at radius 2 is 1.88 bits per heavy atom. The van der Waals surface area contributed by atoms with Crippen molar-refractivity contribution in [2.75, 3.05) is 44.2 Å². The molecule has 0 aliphatic carbocycles. The van der Waals surface area contributed by atoms with Gasteiger partial charge in [-0.15, -0.1) is 0 Å². The zero-order valence-electron chi connectivity index (χ0n) is 9.82. The van der Waals surface area contributed by atoms with Crippen LogP contribution in [0.3, 0.4) is 0 Å². The lowest BCUT2D eigenvalue weighted by Crippen LogP contribution is -2.37. The summed E-state index contributed by atoms with van der Waals surface area (Å²) in [7, 11) is -2.75. The first-order valence-corrected chi connectivity index (χ1v) is 8.11. The average molecular weight is 246 g/mol. The highest BCUT2D eigenvalue weighted by Crippen LogP contribution is 2.15. The van der Waals surface area contributed by atoms with Gasteiger partial charge in [-0.25, -0.2) is 8.42 Å². The van der Waals surface area contributed by atoms with Crippen molar-refractivity contribution >= 4 is 9.84 Å². The molecule has 2 rings (SSSR count). The van der Waals surface area contributed by atoms with Gasteiger partial charge in [0.05, 0.1) is 11.5 Å². The number of nitrogens with one attached hydrogen (secondary N) is 1. The molecule has 4 nitrogen and oxygen atoms in total. The molecule has 0 aromatic carbocycles. The summed E-state index contributed by atoms with van der Waals surface area (Å²) in [6.07, 6.45) is 3.29. The van der Waals surface area contributed by atoms with Gasteiger partial charge in [-0.2, -0.15) is 0 Å². The summed E-state index contributed by atoms with van der Waals surface area (Å²) in [6, 6.07) is 0. The third-order valence-corrected chi connectivity index (χ3v) is 5.34. The van der Waals surface area contributed by atoms with E-state index in [4.69, 9.17) is 0 Å². The first kappa shape index (κ1) is 12.3. The fourth-order valence-corrected chi connectivity index (χ4v) is 3.91. The van der Waals surface area contributed by atoms with Gasteiger partial charge in [-0.3, -0.25) is 0 Å². The Kier molecular flexibility index (Phi) is 4.21. The molecule has 1 N–H and O–H groups in total. The maximum Gasteiger partial charge on any atom is 0.151 e. The predicted octanol–water partition coefficient (Wildman–Crippen LogP) is 0.107. The molecule has 0 aromatic rings. The van der Waals surface area contributed by atoms with E-state index < -0.39 is 9.84 Å². The molecule has 0 bridgehead atoms. The molecule has 0 radical (unpaired) electrons. The molecular formula is C11H22N2O2S. The lowest BCUT2D eigenvalue weighted by atomic mass is 9.97. The van der Waals surface area contributed by atoms with Crippen molar-refractivity contribution in [3.05, 3.63) is 0 Å². The highest BCUT2D eigenvalue weighted by atomic mass is 32.2. The summed E-state index contributed by atoms with van der Waals surface area (Å²) in [5.74, 6) is 1.51. The topological polar surface area (TPSA) is 49.4 Å². The maximum absolute atomic E-state index is 11.5. The minimum Gasteiger partial charge on any atom is -0.317 e. The Bertz CT molecular complexity index is 310. The van der Waals surface area contributed by atoms with E-state index in [1.807, 2.05) is 0 Å². The summed E-state index contributed by atoms with van der Waals surface area (Å²) < 4.78 is 22.9. The molecule has 2 fully saturated rings. The van der Waals surface area contributed by atoms with Gasteiger partial charge in [-0.1, -0.05) is 0 Å². The molecule has 0 unspecified atom stereocenters. The van der Waals surface area contributed by atoms with E-state index >= 15 is 0 Å². The normalized spacial score (nSPS) is 28.8. The van der Waals surface area contributed by atoms with Crippen LogP contribution in [0, 0.1) is 5.92 Å². The number of rotatable bonds is 2. The molecule has 0 saturated carbocycles. The largest absolute Gasteiger partial charge is 0.317 e. The SMILES string of the molecule is O=S1(=O)CCCN(CC2CCNCC2)CC1. The molecule has 5 heteroatoms. The van der Waals surface area contributed by atoms with Crippen LogP contribution in [0.5, 0.6) is 0 Å². The lowest BCUT2D eigenvalue weighted by molar-refractivity contribution is 0.218. The fourth-order valence-electron chi connectivity index (χ4n) is 2.60. The molecule has 16 heavy (non-hydrogen) atoms. The Balaban J connectivity index is 1.81. The van der Waals surface area contributed by atoms with Gasteiger partial charge >= 0.3 is 0 Å². The minimum absolute atomic E-state index is 0.359. The molecule has 0 aromatic heterocycles. The molecular weight excluding hydrogens is 224 g/mol. The maximum atomic E-state index is 11.5. The van der Waals surface area contributed by atoms with Crippen molar-refractivity contribution in [3.63, 3.8) is 0 Å². The molecule has 94 valence electrons. The highest BCUT2D eigenvalue weighted by Gasteiger charge is 2.22. The average Bonchev–Trinajstić information content (AvgIpc) is 2.42. The first-order valence-electron chi connectivity index (χ1n) is 6.29. The second-order valence-electron chi connectivity index (χ2n) is 5.00. The second-order valence-corrected chi connectivity index (χ2v) is 7.30. The summed E-state index contributed by atoms with van der Waals surface area (Å²) in [5, 5.41) is 3.36. The van der Waals surface area contributed by atoms with Crippen LogP contribution in [0.4, 0.5) is 0 Å². The van der Waals surface area contributed by atoms with E-state index in [-0.39, 0.29) is 0 Å². The lowest BCUT2D eigenvalue weighted by Gasteiger charge is -2.28. The van der Waals surface area contributed by atoms with Gasteiger partial charge in [0.2, 0.25) is 0 Å². The van der Waals surface area contributed by atoms with Crippen LogP contribution in [0.1, 0.15) is 19.3 Å². The van der Waals surface area contributed by atoms with Gasteiger partial charge in [0.25, 0.3) is 0 Å². The van der Waals surface area contributed by atoms with Crippen molar-refractivity contribution in [2.24, 2.45) is 5.92 Å². The van der Waals surface area contributed by atoms with Crippen LogP contribution in [0.25, 0.3) is 0 Å². The van der Waals surface area contributed by atoms with Gasteiger partial charge in [0.15, 0.2) is 9.84 Å². The van der Waals surface area contributed by atoms with E-state index in [9.17, 15) is 8.42 Å². The van der Waals surface area contributed by atoms with Gasteiger partial charge in [0, 0.05) is 13.1 Å². The number of piperidine rings is 1. The molecule has 2 aliphatic rings. The summed E-state index contributed by atoms with van der Waals surface area (Å²) in [4.78, 5) is 2.35. The minimum atomic E-state index is -2.75. The van der Waals surface area contributed by atoms with Crippen LogP contribution in [-0.4, -0.2) is 57.5 Å². The van der Waals surface area contributed by atoms with E-state index in [0.29, 0.717) is 11.5 Å². The van der Waals surface area contributed by atoms with Crippen LogP contribution >= 0.6 is 0 Å². The smallest absolute Gasteiger partial charge is 0.151 e. The van der Waals surface area contributed by atoms with E-state index in [0.717, 1.165) is 45.1 Å². The molecule has 2 heterocycles. The molecule has 0 spiro atoms. The van der Waals surface area contributed by atoms with Gasteiger partial charge < -0.3 is 10.2 Å².